The molecule has 0 atom stereocenters. The summed E-state index contributed by atoms with van der Waals surface area (Å²) in [4.78, 5) is 23.6. The van der Waals surface area contributed by atoms with Crippen molar-refractivity contribution in [3.63, 3.8) is 0 Å². The molecule has 1 aromatic carbocycles. The van der Waals surface area contributed by atoms with Crippen LogP contribution in [0.4, 0.5) is 0 Å². The summed E-state index contributed by atoms with van der Waals surface area (Å²) in [6, 6.07) is 7.32. The molecule has 1 N–H and O–H groups in total. The number of benzene rings is 1. The fourth-order valence-electron chi connectivity index (χ4n) is 2.05. The monoisotopic (exact) mass is 268 g/mol. The van der Waals surface area contributed by atoms with Gasteiger partial charge in [-0.1, -0.05) is 12.1 Å². The first-order valence-electron chi connectivity index (χ1n) is 6.09. The number of fused-ring (bicyclic) bond motifs is 1. The third-order valence-electron chi connectivity index (χ3n) is 3.25. The third kappa shape index (κ3) is 1.82. The van der Waals surface area contributed by atoms with Crippen molar-refractivity contribution < 1.29 is 9.90 Å². The van der Waals surface area contributed by atoms with Gasteiger partial charge in [0.05, 0.1) is 11.2 Å². The Labute approximate surface area is 114 Å². The Bertz CT molecular complexity index is 823. The van der Waals surface area contributed by atoms with E-state index in [1.165, 1.54) is 0 Å². The van der Waals surface area contributed by atoms with Crippen molar-refractivity contribution >= 4 is 16.9 Å². The van der Waals surface area contributed by atoms with Gasteiger partial charge < -0.3 is 5.11 Å². The van der Waals surface area contributed by atoms with E-state index < -0.39 is 5.97 Å². The van der Waals surface area contributed by atoms with Gasteiger partial charge in [-0.3, -0.25) is 4.57 Å². The molecule has 2 aromatic heterocycles. The minimum atomic E-state index is -1.15. The Kier molecular flexibility index (Phi) is 2.71. The minimum absolute atomic E-state index is 0.218. The second kappa shape index (κ2) is 4.41. The van der Waals surface area contributed by atoms with E-state index in [4.69, 9.17) is 5.11 Å². The Balaban J connectivity index is 2.38. The number of para-hydroxylation sites is 1. The fourth-order valence-corrected chi connectivity index (χ4v) is 2.05. The first kappa shape index (κ1) is 12.3. The lowest BCUT2D eigenvalue weighted by Gasteiger charge is -2.09. The maximum absolute atomic E-state index is 11.2. The SMILES string of the molecule is Cc1ncn(-c2nc(C(=O)O)nc3ccccc23)c1C. The maximum atomic E-state index is 11.2. The van der Waals surface area contributed by atoms with E-state index in [0.717, 1.165) is 16.8 Å². The molecule has 0 amide bonds. The van der Waals surface area contributed by atoms with Crippen molar-refractivity contribution in [1.29, 1.82) is 0 Å². The van der Waals surface area contributed by atoms with Gasteiger partial charge in [0.1, 0.15) is 12.1 Å². The van der Waals surface area contributed by atoms with Crippen molar-refractivity contribution in [3.8, 4) is 5.82 Å². The standard InChI is InChI=1S/C14H12N4O2/c1-8-9(2)18(7-15-8)13-10-5-3-4-6-11(10)16-12(17-13)14(19)20/h3-7H,1-2H3,(H,19,20). The van der Waals surface area contributed by atoms with Crippen molar-refractivity contribution in [2.24, 2.45) is 0 Å². The second-order valence-electron chi connectivity index (χ2n) is 4.48. The summed E-state index contributed by atoms with van der Waals surface area (Å²) in [5.41, 5.74) is 2.40. The predicted molar refractivity (Wildman–Crippen MR) is 73.1 cm³/mol. The van der Waals surface area contributed by atoms with E-state index in [0.29, 0.717) is 11.3 Å². The molecule has 3 rings (SSSR count). The average molecular weight is 268 g/mol. The van der Waals surface area contributed by atoms with E-state index in [2.05, 4.69) is 15.0 Å². The van der Waals surface area contributed by atoms with E-state index >= 15 is 0 Å². The van der Waals surface area contributed by atoms with Crippen molar-refractivity contribution in [3.05, 3.63) is 47.8 Å². The van der Waals surface area contributed by atoms with Crippen LogP contribution in [0.2, 0.25) is 0 Å². The number of imidazole rings is 1. The number of rotatable bonds is 2. The highest BCUT2D eigenvalue weighted by Crippen LogP contribution is 2.21. The van der Waals surface area contributed by atoms with Crippen LogP contribution in [0.25, 0.3) is 16.7 Å². The molecule has 0 radical (unpaired) electrons. The lowest BCUT2D eigenvalue weighted by Crippen LogP contribution is -2.09. The zero-order valence-corrected chi connectivity index (χ0v) is 11.0. The van der Waals surface area contributed by atoms with Gasteiger partial charge in [-0.25, -0.2) is 19.7 Å². The molecule has 100 valence electrons. The number of aromatic nitrogens is 4. The highest BCUT2D eigenvalue weighted by atomic mass is 16.4. The van der Waals surface area contributed by atoms with E-state index in [-0.39, 0.29) is 5.82 Å². The van der Waals surface area contributed by atoms with Gasteiger partial charge >= 0.3 is 5.97 Å². The van der Waals surface area contributed by atoms with Crippen LogP contribution in [0.5, 0.6) is 0 Å². The quantitative estimate of drug-likeness (QED) is 0.770. The first-order valence-corrected chi connectivity index (χ1v) is 6.09. The summed E-state index contributed by atoms with van der Waals surface area (Å²) in [6.07, 6.45) is 1.64. The summed E-state index contributed by atoms with van der Waals surface area (Å²) in [5.74, 6) is -0.831. The Morgan fingerprint density at radius 2 is 1.95 bits per heavy atom. The zero-order valence-electron chi connectivity index (χ0n) is 11.0. The zero-order chi connectivity index (χ0) is 14.3. The average Bonchev–Trinajstić information content (AvgIpc) is 2.78. The molecule has 0 aliphatic rings. The molecule has 0 unspecified atom stereocenters. The number of aromatic carboxylic acids is 1. The van der Waals surface area contributed by atoms with Gasteiger partial charge in [0.2, 0.25) is 5.82 Å². The normalized spacial score (nSPS) is 10.9. The molecule has 0 saturated carbocycles. The van der Waals surface area contributed by atoms with Crippen LogP contribution in [0.15, 0.2) is 30.6 Å². The van der Waals surface area contributed by atoms with Gasteiger partial charge in [-0.05, 0) is 26.0 Å². The molecule has 0 saturated heterocycles. The van der Waals surface area contributed by atoms with Crippen LogP contribution in [0.3, 0.4) is 0 Å². The van der Waals surface area contributed by atoms with Crippen LogP contribution >= 0.6 is 0 Å². The Morgan fingerprint density at radius 1 is 1.20 bits per heavy atom. The largest absolute Gasteiger partial charge is 0.475 e. The molecule has 0 spiro atoms. The summed E-state index contributed by atoms with van der Waals surface area (Å²) in [5, 5.41) is 9.93. The van der Waals surface area contributed by atoms with Gasteiger partial charge in [-0.15, -0.1) is 0 Å². The van der Waals surface area contributed by atoms with Crippen LogP contribution in [0, 0.1) is 13.8 Å². The number of carboxylic acids is 1. The lowest BCUT2D eigenvalue weighted by atomic mass is 10.2. The van der Waals surface area contributed by atoms with Gasteiger partial charge in [0.15, 0.2) is 0 Å². The Morgan fingerprint density at radius 3 is 2.60 bits per heavy atom. The summed E-state index contributed by atoms with van der Waals surface area (Å²) in [7, 11) is 0. The highest BCUT2D eigenvalue weighted by Gasteiger charge is 2.15. The molecule has 3 aromatic rings. The van der Waals surface area contributed by atoms with Crippen LogP contribution in [-0.4, -0.2) is 30.6 Å². The molecule has 2 heterocycles. The van der Waals surface area contributed by atoms with Crippen LogP contribution in [0.1, 0.15) is 22.0 Å². The van der Waals surface area contributed by atoms with Crippen molar-refractivity contribution in [1.82, 2.24) is 19.5 Å². The number of carboxylic acid groups (broad SMARTS) is 1. The van der Waals surface area contributed by atoms with Crippen molar-refractivity contribution in [2.75, 3.05) is 0 Å². The van der Waals surface area contributed by atoms with Crippen LogP contribution in [-0.2, 0) is 0 Å². The van der Waals surface area contributed by atoms with Gasteiger partial charge in [-0.2, -0.15) is 0 Å². The topological polar surface area (TPSA) is 80.9 Å². The second-order valence-corrected chi connectivity index (χ2v) is 4.48. The molecular formula is C14H12N4O2. The minimum Gasteiger partial charge on any atom is -0.475 e. The van der Waals surface area contributed by atoms with E-state index in [1.54, 1.807) is 17.0 Å². The number of nitrogens with zero attached hydrogens (tertiary/aromatic N) is 4. The smallest absolute Gasteiger partial charge is 0.374 e. The number of carbonyl (C=O) groups is 1. The summed E-state index contributed by atoms with van der Waals surface area (Å²) >= 11 is 0. The first-order chi connectivity index (χ1) is 9.58. The summed E-state index contributed by atoms with van der Waals surface area (Å²) in [6.45, 7) is 3.81. The molecule has 0 bridgehead atoms. The van der Waals surface area contributed by atoms with Crippen molar-refractivity contribution in [2.45, 2.75) is 13.8 Å². The third-order valence-corrected chi connectivity index (χ3v) is 3.25. The summed E-state index contributed by atoms with van der Waals surface area (Å²) < 4.78 is 1.78. The van der Waals surface area contributed by atoms with Crippen LogP contribution < -0.4 is 0 Å². The molecule has 0 fully saturated rings. The number of aryl methyl sites for hydroxylation is 1. The molecule has 6 nitrogen and oxygen atoms in total. The highest BCUT2D eigenvalue weighted by molar-refractivity contribution is 5.91. The molecule has 20 heavy (non-hydrogen) atoms. The maximum Gasteiger partial charge on any atom is 0.374 e. The Hall–Kier alpha value is -2.76. The molecule has 0 aliphatic heterocycles. The number of hydrogen-bond acceptors (Lipinski definition) is 4. The van der Waals surface area contributed by atoms with Gasteiger partial charge in [0.25, 0.3) is 0 Å². The number of hydrogen-bond donors (Lipinski definition) is 1. The molecule has 0 aliphatic carbocycles. The van der Waals surface area contributed by atoms with E-state index in [9.17, 15) is 4.79 Å². The van der Waals surface area contributed by atoms with E-state index in [1.807, 2.05) is 32.0 Å². The lowest BCUT2D eigenvalue weighted by molar-refractivity contribution is 0.0684. The fraction of sp³-hybridized carbons (Fsp3) is 0.143. The predicted octanol–water partition coefficient (Wildman–Crippen LogP) is 2.13. The molecular weight excluding hydrogens is 256 g/mol. The molecule has 6 heteroatoms. The van der Waals surface area contributed by atoms with Gasteiger partial charge in [0, 0.05) is 11.1 Å².